The molecule has 0 aliphatic carbocycles. The molecule has 7 nitrogen and oxygen atoms in total. The molecule has 0 radical (unpaired) electrons. The molecule has 1 N–H and O–H groups in total. The van der Waals surface area contributed by atoms with Gasteiger partial charge in [-0.1, -0.05) is 65.9 Å². The Morgan fingerprint density at radius 1 is 1.06 bits per heavy atom. The van der Waals surface area contributed by atoms with Gasteiger partial charge in [0.2, 0.25) is 0 Å². The average molecular weight is 487 g/mol. The highest BCUT2D eigenvalue weighted by Gasteiger charge is 2.34. The van der Waals surface area contributed by atoms with Crippen LogP contribution in [0.5, 0.6) is 11.5 Å². The molecule has 2 aliphatic heterocycles. The van der Waals surface area contributed by atoms with Crippen molar-refractivity contribution in [2.75, 3.05) is 13.7 Å². The molecular formula is C27H26N4O3S. The first kappa shape index (κ1) is 23.0. The number of para-hydroxylation sites is 1. The predicted molar refractivity (Wildman–Crippen MR) is 137 cm³/mol. The quantitative estimate of drug-likeness (QED) is 0.578. The lowest BCUT2D eigenvalue weighted by Gasteiger charge is -2.34. The van der Waals surface area contributed by atoms with Crippen LogP contribution in [-0.2, 0) is 10.5 Å². The molecule has 8 heteroatoms. The number of thioether (sulfide) groups is 1. The summed E-state index contributed by atoms with van der Waals surface area (Å²) in [6.45, 7) is 4.53. The molecule has 178 valence electrons. The van der Waals surface area contributed by atoms with E-state index in [1.807, 2.05) is 49.4 Å². The maximum absolute atomic E-state index is 13.3. The van der Waals surface area contributed by atoms with Gasteiger partial charge in [-0.25, -0.2) is 5.01 Å². The molecule has 0 spiro atoms. The number of carbonyl (C=O) groups excluding carboxylic acids is 1. The molecule has 0 fully saturated rings. The standard InChI is InChI=1S/C27H26N4O3S/c1-4-34-22-14-13-19(15-23(22)33-3)25-28-21-8-6-5-7-20(21)24-26(32)29-27(30-31(24)25)35-16-18-11-9-17(2)10-12-18/h5-15,25H,4,16H2,1-3H3,(H,29,30,32)/t25-/m1/s1. The van der Waals surface area contributed by atoms with Gasteiger partial charge in [0, 0.05) is 16.5 Å². The number of methoxy groups -OCH3 is 1. The van der Waals surface area contributed by atoms with Crippen LogP contribution in [-0.4, -0.2) is 29.8 Å². The van der Waals surface area contributed by atoms with Gasteiger partial charge in [0.1, 0.15) is 5.70 Å². The van der Waals surface area contributed by atoms with Gasteiger partial charge < -0.3 is 9.47 Å². The Labute approximate surface area is 208 Å². The molecule has 1 atom stereocenters. The zero-order chi connectivity index (χ0) is 24.4. The van der Waals surface area contributed by atoms with Crippen molar-refractivity contribution in [3.8, 4) is 11.5 Å². The van der Waals surface area contributed by atoms with E-state index in [9.17, 15) is 4.79 Å². The fourth-order valence-corrected chi connectivity index (χ4v) is 4.87. The smallest absolute Gasteiger partial charge is 0.276 e. The molecule has 5 rings (SSSR count). The Morgan fingerprint density at radius 3 is 2.63 bits per heavy atom. The van der Waals surface area contributed by atoms with Crippen LogP contribution >= 0.6 is 11.8 Å². The highest BCUT2D eigenvalue weighted by molar-refractivity contribution is 8.13. The van der Waals surface area contributed by atoms with Gasteiger partial charge in [0.25, 0.3) is 5.91 Å². The van der Waals surface area contributed by atoms with Gasteiger partial charge >= 0.3 is 0 Å². The number of hydrazone groups is 1. The minimum atomic E-state index is -0.523. The summed E-state index contributed by atoms with van der Waals surface area (Å²) in [6.07, 6.45) is -0.523. The van der Waals surface area contributed by atoms with Gasteiger partial charge in [-0.3, -0.25) is 15.1 Å². The number of nitrogens with one attached hydrogen (secondary N) is 1. The monoisotopic (exact) mass is 486 g/mol. The summed E-state index contributed by atoms with van der Waals surface area (Å²) in [7, 11) is 1.61. The summed E-state index contributed by atoms with van der Waals surface area (Å²) in [5.74, 6) is 1.77. The molecule has 0 unspecified atom stereocenters. The number of aryl methyl sites for hydroxylation is 1. The third kappa shape index (κ3) is 4.61. The highest BCUT2D eigenvalue weighted by Crippen LogP contribution is 2.36. The Hall–Kier alpha value is -3.78. The van der Waals surface area contributed by atoms with Gasteiger partial charge in [-0.15, -0.1) is 5.10 Å². The van der Waals surface area contributed by atoms with E-state index in [1.54, 1.807) is 12.1 Å². The van der Waals surface area contributed by atoms with Crippen LogP contribution in [0.3, 0.4) is 0 Å². The van der Waals surface area contributed by atoms with Crippen molar-refractivity contribution >= 4 is 28.5 Å². The minimum Gasteiger partial charge on any atom is -0.493 e. The Balaban J connectivity index is 1.55. The average Bonchev–Trinajstić information content (AvgIpc) is 2.88. The number of amides is 1. The van der Waals surface area contributed by atoms with Gasteiger partial charge in [0.05, 0.1) is 19.1 Å². The molecule has 35 heavy (non-hydrogen) atoms. The number of amidine groups is 1. The van der Waals surface area contributed by atoms with Crippen LogP contribution in [0.25, 0.3) is 5.70 Å². The lowest BCUT2D eigenvalue weighted by molar-refractivity contribution is -0.116. The van der Waals surface area contributed by atoms with Crippen LogP contribution in [0.4, 0.5) is 0 Å². The Kier molecular flexibility index (Phi) is 6.46. The van der Waals surface area contributed by atoms with Crippen molar-refractivity contribution in [3.05, 3.63) is 94.0 Å². The van der Waals surface area contributed by atoms with Crippen molar-refractivity contribution in [2.24, 2.45) is 10.1 Å². The number of fused-ring (bicyclic) bond motifs is 2. The van der Waals surface area contributed by atoms with Crippen molar-refractivity contribution in [1.82, 2.24) is 10.3 Å². The molecule has 3 aromatic rings. The van der Waals surface area contributed by atoms with Gasteiger partial charge in [-0.05, 0) is 37.6 Å². The van der Waals surface area contributed by atoms with Crippen molar-refractivity contribution < 1.29 is 14.3 Å². The molecule has 0 saturated carbocycles. The first-order valence-electron chi connectivity index (χ1n) is 11.4. The maximum atomic E-state index is 13.3. The molecular weight excluding hydrogens is 460 g/mol. The Morgan fingerprint density at radius 2 is 1.86 bits per heavy atom. The fraction of sp³-hybridized carbons (Fsp3) is 0.222. The lowest BCUT2D eigenvalue weighted by Crippen LogP contribution is -2.50. The maximum Gasteiger partial charge on any atom is 0.276 e. The normalized spacial score (nSPS) is 16.5. The van der Waals surface area contributed by atoms with Crippen LogP contribution in [0.15, 0.2) is 76.8 Å². The number of rotatable bonds is 6. The van der Waals surface area contributed by atoms with Crippen LogP contribution in [0, 0.1) is 6.92 Å². The Bertz CT molecular complexity index is 1420. The van der Waals surface area contributed by atoms with Crippen molar-refractivity contribution in [3.63, 3.8) is 0 Å². The third-order valence-corrected chi connectivity index (χ3v) is 6.73. The third-order valence-electron chi connectivity index (χ3n) is 5.80. The highest BCUT2D eigenvalue weighted by atomic mass is 32.2. The number of ether oxygens (including phenoxy) is 2. The summed E-state index contributed by atoms with van der Waals surface area (Å²) in [6, 6.07) is 21.7. The summed E-state index contributed by atoms with van der Waals surface area (Å²) in [4.78, 5) is 18.3. The van der Waals surface area contributed by atoms with Crippen molar-refractivity contribution in [2.45, 2.75) is 25.8 Å². The van der Waals surface area contributed by atoms with E-state index >= 15 is 0 Å². The van der Waals surface area contributed by atoms with E-state index in [1.165, 1.54) is 17.3 Å². The molecule has 0 aromatic heterocycles. The van der Waals surface area contributed by atoms with E-state index in [-0.39, 0.29) is 5.91 Å². The van der Waals surface area contributed by atoms with E-state index in [4.69, 9.17) is 19.6 Å². The topological polar surface area (TPSA) is 75.5 Å². The summed E-state index contributed by atoms with van der Waals surface area (Å²) in [5, 5.41) is 11.6. The second-order valence-electron chi connectivity index (χ2n) is 8.19. The number of carbonyl (C=O) groups is 1. The lowest BCUT2D eigenvalue weighted by atomic mass is 10.1. The van der Waals surface area contributed by atoms with E-state index in [0.717, 1.165) is 21.7 Å². The first-order chi connectivity index (χ1) is 17.1. The second-order valence-corrected chi connectivity index (χ2v) is 9.15. The van der Waals surface area contributed by atoms with E-state index in [2.05, 4.69) is 36.5 Å². The molecule has 2 heterocycles. The number of hydrogen-bond acceptors (Lipinski definition) is 7. The van der Waals surface area contributed by atoms with Crippen LogP contribution in [0.1, 0.15) is 29.8 Å². The number of benzene rings is 3. The van der Waals surface area contributed by atoms with Crippen molar-refractivity contribution in [1.29, 1.82) is 0 Å². The largest absolute Gasteiger partial charge is 0.493 e. The molecule has 2 aliphatic rings. The van der Waals surface area contributed by atoms with E-state index in [0.29, 0.717) is 34.7 Å². The van der Waals surface area contributed by atoms with Crippen LogP contribution in [0.2, 0.25) is 0 Å². The summed E-state index contributed by atoms with van der Waals surface area (Å²) < 4.78 is 11.2. The summed E-state index contributed by atoms with van der Waals surface area (Å²) >= 11 is 1.49. The van der Waals surface area contributed by atoms with Gasteiger partial charge in [-0.2, -0.15) is 0 Å². The molecule has 3 aromatic carbocycles. The number of hydrogen-bond donors (Lipinski definition) is 1. The molecule has 0 bridgehead atoms. The molecule has 0 saturated heterocycles. The molecule has 1 amide bonds. The zero-order valence-electron chi connectivity index (χ0n) is 19.8. The number of nitrogens with zero attached hydrogens (tertiary/aromatic N) is 3. The minimum absolute atomic E-state index is 0.198. The van der Waals surface area contributed by atoms with E-state index < -0.39 is 6.17 Å². The fourth-order valence-electron chi connectivity index (χ4n) is 4.07. The summed E-state index contributed by atoms with van der Waals surface area (Å²) in [5.41, 5.74) is 3.70. The van der Waals surface area contributed by atoms with Gasteiger partial charge in [0.15, 0.2) is 22.8 Å². The second kappa shape index (κ2) is 9.84. The van der Waals surface area contributed by atoms with Crippen LogP contribution < -0.4 is 25.4 Å². The first-order valence-corrected chi connectivity index (χ1v) is 12.4. The SMILES string of the molecule is CCOc1ccc([C@@H]2N=c3ccccc3=C3C(=O)NC(SCc4ccc(C)cc4)=NN32)cc1OC. The zero-order valence-corrected chi connectivity index (χ0v) is 20.6. The predicted octanol–water partition coefficient (Wildman–Crippen LogP) is 3.48.